The van der Waals surface area contributed by atoms with Crippen LogP contribution in [0.2, 0.25) is 0 Å². The molecule has 1 aromatic carbocycles. The minimum absolute atomic E-state index is 0.158. The number of thiocarbonyl (C=S) groups is 1. The molecular formula is C22H35N3O2S. The van der Waals surface area contributed by atoms with E-state index in [0.29, 0.717) is 6.04 Å². The molecule has 0 unspecified atom stereocenters. The van der Waals surface area contributed by atoms with Gasteiger partial charge in [-0.3, -0.25) is 4.79 Å². The van der Waals surface area contributed by atoms with Crippen LogP contribution in [-0.4, -0.2) is 59.2 Å². The molecule has 0 radical (unpaired) electrons. The fourth-order valence-corrected chi connectivity index (χ4v) is 3.87. The van der Waals surface area contributed by atoms with E-state index in [2.05, 4.69) is 56.1 Å². The summed E-state index contributed by atoms with van der Waals surface area (Å²) in [6.07, 6.45) is 3.06. The van der Waals surface area contributed by atoms with Crippen LogP contribution in [0.25, 0.3) is 0 Å². The summed E-state index contributed by atoms with van der Waals surface area (Å²) in [5, 5.41) is 4.19. The van der Waals surface area contributed by atoms with Gasteiger partial charge >= 0.3 is 0 Å². The molecule has 2 rings (SSSR count). The Bertz CT molecular complexity index is 670. The maximum atomic E-state index is 11.6. The van der Waals surface area contributed by atoms with Crippen molar-refractivity contribution in [2.75, 3.05) is 31.6 Å². The van der Waals surface area contributed by atoms with Crippen LogP contribution in [0.5, 0.6) is 0 Å². The van der Waals surface area contributed by atoms with Gasteiger partial charge in [0, 0.05) is 44.9 Å². The van der Waals surface area contributed by atoms with Gasteiger partial charge in [-0.1, -0.05) is 6.07 Å². The molecular weight excluding hydrogens is 370 g/mol. The molecule has 1 aliphatic heterocycles. The third-order valence-corrected chi connectivity index (χ3v) is 5.70. The lowest BCUT2D eigenvalue weighted by molar-refractivity contribution is -0.130. The van der Waals surface area contributed by atoms with Crippen molar-refractivity contribution in [1.82, 2.24) is 9.80 Å². The number of piperidine rings is 1. The van der Waals surface area contributed by atoms with Crippen molar-refractivity contribution in [3.8, 4) is 0 Å². The lowest BCUT2D eigenvalue weighted by Gasteiger charge is -2.39. The molecule has 0 atom stereocenters. The van der Waals surface area contributed by atoms with E-state index >= 15 is 0 Å². The van der Waals surface area contributed by atoms with E-state index < -0.39 is 0 Å². The summed E-state index contributed by atoms with van der Waals surface area (Å²) in [5.41, 5.74) is 3.55. The smallest absolute Gasteiger partial charge is 0.219 e. The predicted molar refractivity (Wildman–Crippen MR) is 120 cm³/mol. The molecule has 156 valence electrons. The van der Waals surface area contributed by atoms with Crippen molar-refractivity contribution >= 4 is 28.9 Å². The maximum Gasteiger partial charge on any atom is 0.219 e. The van der Waals surface area contributed by atoms with Crippen LogP contribution in [0.3, 0.4) is 0 Å². The van der Waals surface area contributed by atoms with Crippen LogP contribution in [0.15, 0.2) is 18.2 Å². The van der Waals surface area contributed by atoms with Gasteiger partial charge in [0.1, 0.15) is 0 Å². The van der Waals surface area contributed by atoms with Gasteiger partial charge in [0.2, 0.25) is 5.91 Å². The van der Waals surface area contributed by atoms with E-state index in [9.17, 15) is 4.79 Å². The number of nitrogens with one attached hydrogen (secondary N) is 1. The topological polar surface area (TPSA) is 44.8 Å². The molecule has 0 bridgehead atoms. The number of amides is 1. The number of carbonyl (C=O) groups is 1. The summed E-state index contributed by atoms with van der Waals surface area (Å²) in [7, 11) is 0. The van der Waals surface area contributed by atoms with Crippen molar-refractivity contribution in [2.24, 2.45) is 0 Å². The number of carbonyl (C=O) groups excluding carboxylic acids is 1. The SMILES string of the molecule is CC(=O)N1CCC(N(CCCOC(C)C)C(=S)Nc2ccc(C)c(C)c2)CC1. The summed E-state index contributed by atoms with van der Waals surface area (Å²) in [4.78, 5) is 15.9. The number of ether oxygens (including phenoxy) is 1. The number of hydrogen-bond acceptors (Lipinski definition) is 3. The largest absolute Gasteiger partial charge is 0.379 e. The van der Waals surface area contributed by atoms with E-state index in [1.54, 1.807) is 6.92 Å². The highest BCUT2D eigenvalue weighted by molar-refractivity contribution is 7.80. The molecule has 1 saturated heterocycles. The van der Waals surface area contributed by atoms with Crippen LogP contribution in [0.1, 0.15) is 51.2 Å². The number of nitrogens with zero attached hydrogens (tertiary/aromatic N) is 2. The molecule has 0 aliphatic carbocycles. The van der Waals surface area contributed by atoms with Gasteiger partial charge in [-0.2, -0.15) is 0 Å². The highest BCUT2D eigenvalue weighted by Crippen LogP contribution is 2.20. The minimum atomic E-state index is 0.158. The summed E-state index contributed by atoms with van der Waals surface area (Å²) in [5.74, 6) is 0.158. The number of rotatable bonds is 7. The third kappa shape index (κ3) is 6.74. The Morgan fingerprint density at radius 2 is 1.96 bits per heavy atom. The molecule has 0 saturated carbocycles. The Morgan fingerprint density at radius 3 is 2.54 bits per heavy atom. The predicted octanol–water partition coefficient (Wildman–Crippen LogP) is 4.13. The second-order valence-corrected chi connectivity index (χ2v) is 8.32. The fraction of sp³-hybridized carbons (Fsp3) is 0.636. The van der Waals surface area contributed by atoms with Gasteiger partial charge in [-0.05, 0) is 82.4 Å². The van der Waals surface area contributed by atoms with Crippen molar-refractivity contribution in [2.45, 2.75) is 66.0 Å². The van der Waals surface area contributed by atoms with Gasteiger partial charge < -0.3 is 19.9 Å². The average Bonchev–Trinajstić information content (AvgIpc) is 2.64. The minimum Gasteiger partial charge on any atom is -0.379 e. The van der Waals surface area contributed by atoms with Crippen LogP contribution in [0.4, 0.5) is 5.69 Å². The zero-order valence-electron chi connectivity index (χ0n) is 18.0. The first kappa shape index (κ1) is 22.6. The highest BCUT2D eigenvalue weighted by Gasteiger charge is 2.27. The van der Waals surface area contributed by atoms with Crippen molar-refractivity contribution < 1.29 is 9.53 Å². The van der Waals surface area contributed by atoms with Gasteiger partial charge in [0.05, 0.1) is 6.10 Å². The lowest BCUT2D eigenvalue weighted by Crippen LogP contribution is -2.50. The molecule has 1 aliphatic rings. The van der Waals surface area contributed by atoms with Crippen molar-refractivity contribution in [3.05, 3.63) is 29.3 Å². The normalized spacial score (nSPS) is 15.0. The van der Waals surface area contributed by atoms with E-state index in [-0.39, 0.29) is 12.0 Å². The van der Waals surface area contributed by atoms with Crippen LogP contribution < -0.4 is 5.32 Å². The van der Waals surface area contributed by atoms with Crippen LogP contribution >= 0.6 is 12.2 Å². The Kier molecular flexibility index (Phi) is 8.70. The van der Waals surface area contributed by atoms with Crippen LogP contribution in [-0.2, 0) is 9.53 Å². The summed E-state index contributed by atoms with van der Waals surface area (Å²) < 4.78 is 5.71. The second-order valence-electron chi connectivity index (χ2n) is 7.93. The molecule has 6 heteroatoms. The molecule has 1 heterocycles. The third-order valence-electron chi connectivity index (χ3n) is 5.36. The highest BCUT2D eigenvalue weighted by atomic mass is 32.1. The Balaban J connectivity index is 2.02. The van der Waals surface area contributed by atoms with Gasteiger partial charge in [-0.25, -0.2) is 0 Å². The summed E-state index contributed by atoms with van der Waals surface area (Å²) in [6, 6.07) is 6.68. The Hall–Kier alpha value is -1.66. The number of likely N-dealkylation sites (tertiary alicyclic amines) is 1. The fourth-order valence-electron chi connectivity index (χ4n) is 3.51. The molecule has 1 amide bonds. The molecule has 5 nitrogen and oxygen atoms in total. The molecule has 0 spiro atoms. The molecule has 28 heavy (non-hydrogen) atoms. The molecule has 1 aromatic rings. The van der Waals surface area contributed by atoms with E-state index in [0.717, 1.165) is 56.3 Å². The van der Waals surface area contributed by atoms with Crippen molar-refractivity contribution in [3.63, 3.8) is 0 Å². The maximum absolute atomic E-state index is 11.6. The number of aryl methyl sites for hydroxylation is 2. The second kappa shape index (κ2) is 10.8. The zero-order chi connectivity index (χ0) is 20.7. The quantitative estimate of drug-likeness (QED) is 0.546. The van der Waals surface area contributed by atoms with E-state index in [4.69, 9.17) is 17.0 Å². The monoisotopic (exact) mass is 405 g/mol. The summed E-state index contributed by atoms with van der Waals surface area (Å²) in [6.45, 7) is 13.2. The van der Waals surface area contributed by atoms with Crippen molar-refractivity contribution in [1.29, 1.82) is 0 Å². The average molecular weight is 406 g/mol. The lowest BCUT2D eigenvalue weighted by atomic mass is 10.0. The first-order valence-electron chi connectivity index (χ1n) is 10.3. The standard InChI is InChI=1S/C22H35N3O2S/c1-16(2)27-14-6-11-25(21-9-12-24(13-10-21)19(5)26)22(28)23-20-8-7-17(3)18(4)15-20/h7-8,15-16,21H,6,9-14H2,1-5H3,(H,23,28). The van der Waals surface area contributed by atoms with E-state index in [1.807, 2.05) is 4.90 Å². The first-order chi connectivity index (χ1) is 13.3. The number of anilines is 1. The summed E-state index contributed by atoms with van der Waals surface area (Å²) >= 11 is 5.79. The van der Waals surface area contributed by atoms with Gasteiger partial charge in [0.15, 0.2) is 5.11 Å². The Morgan fingerprint density at radius 1 is 1.29 bits per heavy atom. The van der Waals surface area contributed by atoms with Gasteiger partial charge in [0.25, 0.3) is 0 Å². The molecule has 0 aromatic heterocycles. The van der Waals surface area contributed by atoms with Gasteiger partial charge in [-0.15, -0.1) is 0 Å². The number of hydrogen-bond donors (Lipinski definition) is 1. The molecule has 1 fully saturated rings. The molecule has 1 N–H and O–H groups in total. The van der Waals surface area contributed by atoms with E-state index in [1.165, 1.54) is 11.1 Å². The number of benzene rings is 1. The van der Waals surface area contributed by atoms with Crippen LogP contribution in [0, 0.1) is 13.8 Å². The first-order valence-corrected chi connectivity index (χ1v) is 10.7. The zero-order valence-corrected chi connectivity index (χ0v) is 18.8. The Labute approximate surface area is 175 Å².